The van der Waals surface area contributed by atoms with Crippen molar-refractivity contribution in [3.63, 3.8) is 0 Å². The predicted octanol–water partition coefficient (Wildman–Crippen LogP) is 1.73. The van der Waals surface area contributed by atoms with Gasteiger partial charge in [0.05, 0.1) is 24.7 Å². The van der Waals surface area contributed by atoms with Crippen LogP contribution >= 0.6 is 0 Å². The number of para-hydroxylation sites is 1. The van der Waals surface area contributed by atoms with Crippen LogP contribution in [0.5, 0.6) is 0 Å². The number of nitrogens with one attached hydrogen (secondary N) is 2. The second-order valence-corrected chi connectivity index (χ2v) is 9.62. The lowest BCUT2D eigenvalue weighted by Gasteiger charge is -2.26. The van der Waals surface area contributed by atoms with Gasteiger partial charge in [-0.25, -0.2) is 22.7 Å². The molecule has 0 saturated carbocycles. The van der Waals surface area contributed by atoms with Gasteiger partial charge in [0, 0.05) is 12.1 Å². The lowest BCUT2D eigenvalue weighted by atomic mass is 10.2. The summed E-state index contributed by atoms with van der Waals surface area (Å²) in [4.78, 5) is 33.9. The summed E-state index contributed by atoms with van der Waals surface area (Å²) in [6, 6.07) is 2.90. The summed E-state index contributed by atoms with van der Waals surface area (Å²) in [7, 11) is -3.08. The molecule has 0 aliphatic rings. The fourth-order valence-corrected chi connectivity index (χ4v) is 3.92. The number of alkyl carbamates (subject to hydrolysis) is 1. The molecule has 3 atom stereocenters. The van der Waals surface area contributed by atoms with Gasteiger partial charge in [0.1, 0.15) is 5.60 Å². The third kappa shape index (κ3) is 8.40. The van der Waals surface area contributed by atoms with E-state index in [-0.39, 0.29) is 6.61 Å². The number of methoxy groups -OCH3 is 1. The topological polar surface area (TPSA) is 163 Å². The number of hydrogen-bond donors (Lipinski definition) is 2. The predicted molar refractivity (Wildman–Crippen MR) is 113 cm³/mol. The SMILES string of the molecule is COC(=O)C(NC(=O)OC(C)(C)C)C(C)OCC(C)NS(=O)(=O)c1ccccc1[N+](=O)[O-]. The van der Waals surface area contributed by atoms with Gasteiger partial charge in [0.25, 0.3) is 5.69 Å². The molecule has 1 amide bonds. The Morgan fingerprint density at radius 1 is 1.19 bits per heavy atom. The van der Waals surface area contributed by atoms with Gasteiger partial charge in [-0.15, -0.1) is 0 Å². The normalized spacial score (nSPS) is 14.7. The number of esters is 1. The van der Waals surface area contributed by atoms with E-state index in [1.165, 1.54) is 26.0 Å². The Labute approximate surface area is 186 Å². The number of ether oxygens (including phenoxy) is 3. The van der Waals surface area contributed by atoms with Crippen LogP contribution in [0.2, 0.25) is 0 Å². The minimum Gasteiger partial charge on any atom is -0.467 e. The van der Waals surface area contributed by atoms with E-state index in [4.69, 9.17) is 9.47 Å². The van der Waals surface area contributed by atoms with Gasteiger partial charge >= 0.3 is 12.1 Å². The highest BCUT2D eigenvalue weighted by Crippen LogP contribution is 2.23. The summed E-state index contributed by atoms with van der Waals surface area (Å²) >= 11 is 0. The number of benzene rings is 1. The maximum absolute atomic E-state index is 12.6. The molecule has 0 aliphatic heterocycles. The largest absolute Gasteiger partial charge is 0.467 e. The Morgan fingerprint density at radius 3 is 2.31 bits per heavy atom. The molecule has 32 heavy (non-hydrogen) atoms. The number of nitrogens with zero attached hydrogens (tertiary/aromatic N) is 1. The van der Waals surface area contributed by atoms with E-state index in [0.29, 0.717) is 0 Å². The number of carbonyl (C=O) groups excluding carboxylic acids is 2. The molecule has 0 bridgehead atoms. The zero-order chi connectivity index (χ0) is 24.7. The molecule has 0 spiro atoms. The first-order valence-corrected chi connectivity index (χ1v) is 11.1. The van der Waals surface area contributed by atoms with Gasteiger partial charge < -0.3 is 19.5 Å². The third-order valence-corrected chi connectivity index (χ3v) is 5.55. The van der Waals surface area contributed by atoms with Crippen molar-refractivity contribution in [1.82, 2.24) is 10.0 Å². The molecule has 180 valence electrons. The number of nitro groups is 1. The molecule has 1 rings (SSSR count). The van der Waals surface area contributed by atoms with Crippen molar-refractivity contribution in [1.29, 1.82) is 0 Å². The molecule has 1 aromatic rings. The number of carbonyl (C=O) groups is 2. The average Bonchev–Trinajstić information content (AvgIpc) is 2.68. The monoisotopic (exact) mass is 475 g/mol. The second kappa shape index (κ2) is 11.2. The van der Waals surface area contributed by atoms with Gasteiger partial charge in [-0.3, -0.25) is 10.1 Å². The van der Waals surface area contributed by atoms with Crippen LogP contribution in [-0.2, 0) is 29.0 Å². The van der Waals surface area contributed by atoms with Gasteiger partial charge in [0.15, 0.2) is 10.9 Å². The molecule has 0 aromatic heterocycles. The summed E-state index contributed by atoms with van der Waals surface area (Å²) in [5.41, 5.74) is -1.35. The van der Waals surface area contributed by atoms with Crippen LogP contribution in [0, 0.1) is 10.1 Å². The van der Waals surface area contributed by atoms with E-state index in [2.05, 4.69) is 14.8 Å². The number of hydrogen-bond acceptors (Lipinski definition) is 9. The second-order valence-electron chi connectivity index (χ2n) is 7.93. The first kappa shape index (κ1) is 27.3. The van der Waals surface area contributed by atoms with Crippen molar-refractivity contribution in [2.45, 2.75) is 63.3 Å². The summed E-state index contributed by atoms with van der Waals surface area (Å²) in [6.45, 7) is 7.74. The average molecular weight is 476 g/mol. The lowest BCUT2D eigenvalue weighted by molar-refractivity contribution is -0.387. The van der Waals surface area contributed by atoms with Gasteiger partial charge in [0.2, 0.25) is 10.0 Å². The fraction of sp³-hybridized carbons (Fsp3) is 0.579. The van der Waals surface area contributed by atoms with Crippen molar-refractivity contribution in [3.8, 4) is 0 Å². The van der Waals surface area contributed by atoms with Crippen LogP contribution in [0.15, 0.2) is 29.2 Å². The Bertz CT molecular complexity index is 928. The molecule has 0 heterocycles. The Hall–Kier alpha value is -2.77. The fourth-order valence-electron chi connectivity index (χ4n) is 2.52. The molecule has 12 nitrogen and oxygen atoms in total. The Morgan fingerprint density at radius 2 is 1.78 bits per heavy atom. The first-order valence-electron chi connectivity index (χ1n) is 9.62. The summed E-state index contributed by atoms with van der Waals surface area (Å²) in [5, 5.41) is 13.5. The molecule has 0 aliphatic carbocycles. The quantitative estimate of drug-likeness (QED) is 0.291. The summed E-state index contributed by atoms with van der Waals surface area (Å²) in [5.74, 6) is -0.781. The van der Waals surface area contributed by atoms with Crippen LogP contribution in [-0.4, -0.2) is 62.9 Å². The van der Waals surface area contributed by atoms with Crippen molar-refractivity contribution >= 4 is 27.8 Å². The maximum atomic E-state index is 12.6. The highest BCUT2D eigenvalue weighted by atomic mass is 32.2. The molecule has 2 N–H and O–H groups in total. The van der Waals surface area contributed by atoms with Gasteiger partial charge in [-0.1, -0.05) is 12.1 Å². The maximum Gasteiger partial charge on any atom is 0.408 e. The van der Waals surface area contributed by atoms with Crippen molar-refractivity contribution in [2.75, 3.05) is 13.7 Å². The summed E-state index contributed by atoms with van der Waals surface area (Å²) < 4.78 is 42.8. The van der Waals surface area contributed by atoms with Crippen LogP contribution < -0.4 is 10.0 Å². The number of nitro benzene ring substituents is 1. The minimum absolute atomic E-state index is 0.204. The van der Waals surface area contributed by atoms with E-state index in [1.54, 1.807) is 20.8 Å². The van der Waals surface area contributed by atoms with Crippen molar-refractivity contribution < 1.29 is 37.1 Å². The van der Waals surface area contributed by atoms with E-state index < -0.39 is 61.4 Å². The molecular formula is C19H29N3O9S. The lowest BCUT2D eigenvalue weighted by Crippen LogP contribution is -2.51. The van der Waals surface area contributed by atoms with Crippen LogP contribution in [0.3, 0.4) is 0 Å². The Balaban J connectivity index is 2.82. The molecule has 13 heteroatoms. The molecule has 0 fully saturated rings. The zero-order valence-corrected chi connectivity index (χ0v) is 19.6. The first-order chi connectivity index (χ1) is 14.7. The molecule has 3 unspecified atom stereocenters. The zero-order valence-electron chi connectivity index (χ0n) is 18.8. The number of amides is 1. The number of rotatable bonds is 10. The molecule has 0 radical (unpaired) electrons. The van der Waals surface area contributed by atoms with E-state index >= 15 is 0 Å². The highest BCUT2D eigenvalue weighted by molar-refractivity contribution is 7.89. The van der Waals surface area contributed by atoms with Gasteiger partial charge in [-0.05, 0) is 40.7 Å². The number of sulfonamides is 1. The van der Waals surface area contributed by atoms with E-state index in [1.807, 2.05) is 0 Å². The minimum atomic E-state index is -4.22. The third-order valence-electron chi connectivity index (χ3n) is 3.91. The van der Waals surface area contributed by atoms with Gasteiger partial charge in [-0.2, -0.15) is 0 Å². The van der Waals surface area contributed by atoms with E-state index in [0.717, 1.165) is 19.2 Å². The van der Waals surface area contributed by atoms with Crippen LogP contribution in [0.1, 0.15) is 34.6 Å². The summed E-state index contributed by atoms with van der Waals surface area (Å²) in [6.07, 6.45) is -1.76. The molecule has 0 saturated heterocycles. The highest BCUT2D eigenvalue weighted by Gasteiger charge is 2.32. The van der Waals surface area contributed by atoms with Crippen molar-refractivity contribution in [2.24, 2.45) is 0 Å². The standard InChI is InChI=1S/C19H29N3O9S/c1-12(21-32(27,28)15-10-8-7-9-14(15)22(25)26)11-30-13(2)16(17(23)29-6)20-18(24)31-19(3,4)5/h7-10,12-13,16,21H,11H2,1-6H3,(H,20,24). The van der Waals surface area contributed by atoms with Crippen molar-refractivity contribution in [3.05, 3.63) is 34.4 Å². The van der Waals surface area contributed by atoms with Crippen LogP contribution in [0.25, 0.3) is 0 Å². The smallest absolute Gasteiger partial charge is 0.408 e. The molecular weight excluding hydrogens is 446 g/mol. The Kier molecular flexibility index (Phi) is 9.54. The molecule has 1 aromatic carbocycles. The van der Waals surface area contributed by atoms with Crippen LogP contribution in [0.4, 0.5) is 10.5 Å². The van der Waals surface area contributed by atoms with E-state index in [9.17, 15) is 28.1 Å².